The predicted octanol–water partition coefficient (Wildman–Crippen LogP) is 3.24. The number of carbonyl (C=O) groups excluding carboxylic acids is 1. The van der Waals surface area contributed by atoms with Gasteiger partial charge in [0.05, 0.1) is 11.8 Å². The van der Waals surface area contributed by atoms with Crippen molar-refractivity contribution in [3.63, 3.8) is 0 Å². The van der Waals surface area contributed by atoms with E-state index in [9.17, 15) is 9.90 Å². The standard InChI is InChI=1S/C16H19N3O2S/c20-13-8-6-12(7-9-13)17-16(21)18-15-10-14(19-22-15)11-4-2-1-3-5-11/h1-5,10,12-13,20H,6-9H2,(H2,17,18,21). The molecule has 1 saturated carbocycles. The van der Waals surface area contributed by atoms with E-state index in [0.717, 1.165) is 41.9 Å². The number of aliphatic hydroxyl groups is 1. The first-order chi connectivity index (χ1) is 10.7. The van der Waals surface area contributed by atoms with Crippen molar-refractivity contribution >= 4 is 22.6 Å². The average molecular weight is 317 g/mol. The number of nitrogens with zero attached hydrogens (tertiary/aromatic N) is 1. The Morgan fingerprint density at radius 2 is 1.91 bits per heavy atom. The van der Waals surface area contributed by atoms with Crippen molar-refractivity contribution in [2.75, 3.05) is 5.32 Å². The molecule has 1 aromatic heterocycles. The number of aliphatic hydroxyl groups excluding tert-OH is 1. The summed E-state index contributed by atoms with van der Waals surface area (Å²) in [4.78, 5) is 12.0. The minimum absolute atomic E-state index is 0.143. The van der Waals surface area contributed by atoms with Gasteiger partial charge in [0.1, 0.15) is 5.00 Å². The molecule has 2 aromatic rings. The van der Waals surface area contributed by atoms with Gasteiger partial charge >= 0.3 is 6.03 Å². The number of urea groups is 1. The molecule has 1 aromatic carbocycles. The summed E-state index contributed by atoms with van der Waals surface area (Å²) in [5.41, 5.74) is 1.90. The van der Waals surface area contributed by atoms with E-state index >= 15 is 0 Å². The predicted molar refractivity (Wildman–Crippen MR) is 88.0 cm³/mol. The van der Waals surface area contributed by atoms with Crippen molar-refractivity contribution in [1.82, 2.24) is 9.69 Å². The number of hydrogen-bond donors (Lipinski definition) is 3. The molecule has 3 rings (SSSR count). The fraction of sp³-hybridized carbons (Fsp3) is 0.375. The second kappa shape index (κ2) is 6.89. The Balaban J connectivity index is 1.55. The number of aromatic nitrogens is 1. The molecule has 1 heterocycles. The first-order valence-corrected chi connectivity index (χ1v) is 8.26. The molecule has 1 aliphatic carbocycles. The normalized spacial score (nSPS) is 21.3. The highest BCUT2D eigenvalue weighted by Gasteiger charge is 2.21. The topological polar surface area (TPSA) is 74.2 Å². The molecule has 0 saturated heterocycles. The maximum Gasteiger partial charge on any atom is 0.320 e. The summed E-state index contributed by atoms with van der Waals surface area (Å²) in [6.45, 7) is 0. The van der Waals surface area contributed by atoms with Crippen LogP contribution >= 0.6 is 11.5 Å². The lowest BCUT2D eigenvalue weighted by Gasteiger charge is -2.26. The van der Waals surface area contributed by atoms with Crippen LogP contribution in [-0.2, 0) is 0 Å². The molecule has 0 bridgehead atoms. The SMILES string of the molecule is O=C(Nc1cc(-c2ccccc2)ns1)NC1CCC(O)CC1. The maximum absolute atomic E-state index is 12.0. The van der Waals surface area contributed by atoms with Crippen LogP contribution in [0.4, 0.5) is 9.80 Å². The lowest BCUT2D eigenvalue weighted by molar-refractivity contribution is 0.118. The zero-order valence-corrected chi connectivity index (χ0v) is 13.0. The van der Waals surface area contributed by atoms with E-state index in [-0.39, 0.29) is 18.2 Å². The van der Waals surface area contributed by atoms with Crippen LogP contribution in [0.15, 0.2) is 36.4 Å². The molecule has 6 heteroatoms. The summed E-state index contributed by atoms with van der Waals surface area (Å²) >= 11 is 1.27. The number of carbonyl (C=O) groups is 1. The molecule has 0 radical (unpaired) electrons. The van der Waals surface area contributed by atoms with Crippen LogP contribution < -0.4 is 10.6 Å². The van der Waals surface area contributed by atoms with Crippen molar-refractivity contribution in [2.24, 2.45) is 0 Å². The summed E-state index contributed by atoms with van der Waals surface area (Å²) < 4.78 is 4.36. The number of nitrogens with one attached hydrogen (secondary N) is 2. The summed E-state index contributed by atoms with van der Waals surface area (Å²) in [5, 5.41) is 16.0. The molecule has 1 aliphatic rings. The minimum atomic E-state index is -0.212. The molecule has 0 unspecified atom stereocenters. The van der Waals surface area contributed by atoms with Crippen LogP contribution in [0.5, 0.6) is 0 Å². The van der Waals surface area contributed by atoms with Crippen molar-refractivity contribution in [1.29, 1.82) is 0 Å². The Labute approximate surface area is 133 Å². The second-order valence-corrected chi connectivity index (χ2v) is 6.35. The Kier molecular flexibility index (Phi) is 4.70. The third kappa shape index (κ3) is 3.84. The maximum atomic E-state index is 12.0. The fourth-order valence-electron chi connectivity index (χ4n) is 2.63. The molecule has 1 fully saturated rings. The van der Waals surface area contributed by atoms with Crippen molar-refractivity contribution < 1.29 is 9.90 Å². The third-order valence-corrected chi connectivity index (χ3v) is 4.55. The monoisotopic (exact) mass is 317 g/mol. The zero-order valence-electron chi connectivity index (χ0n) is 12.2. The molecule has 5 nitrogen and oxygen atoms in total. The molecule has 0 aliphatic heterocycles. The van der Waals surface area contributed by atoms with E-state index in [1.807, 2.05) is 36.4 Å². The van der Waals surface area contributed by atoms with Gasteiger partial charge in [-0.3, -0.25) is 5.32 Å². The van der Waals surface area contributed by atoms with Gasteiger partial charge in [-0.2, -0.15) is 4.37 Å². The largest absolute Gasteiger partial charge is 0.393 e. The Hall–Kier alpha value is -1.92. The average Bonchev–Trinajstić information content (AvgIpc) is 2.99. The summed E-state index contributed by atoms with van der Waals surface area (Å²) in [7, 11) is 0. The van der Waals surface area contributed by atoms with Gasteiger partial charge in [0, 0.05) is 17.7 Å². The van der Waals surface area contributed by atoms with Crippen LogP contribution in [0, 0.1) is 0 Å². The van der Waals surface area contributed by atoms with Gasteiger partial charge in [-0.25, -0.2) is 4.79 Å². The lowest BCUT2D eigenvalue weighted by atomic mass is 9.93. The van der Waals surface area contributed by atoms with Crippen LogP contribution in [0.2, 0.25) is 0 Å². The van der Waals surface area contributed by atoms with E-state index < -0.39 is 0 Å². The van der Waals surface area contributed by atoms with E-state index in [1.165, 1.54) is 11.5 Å². The number of rotatable bonds is 3. The van der Waals surface area contributed by atoms with Gasteiger partial charge in [0.25, 0.3) is 0 Å². The second-order valence-electron chi connectivity index (χ2n) is 5.55. The molecule has 0 atom stereocenters. The van der Waals surface area contributed by atoms with E-state index in [2.05, 4.69) is 15.0 Å². The van der Waals surface area contributed by atoms with E-state index in [0.29, 0.717) is 0 Å². The highest BCUT2D eigenvalue weighted by atomic mass is 32.1. The van der Waals surface area contributed by atoms with Gasteiger partial charge in [-0.15, -0.1) is 0 Å². The minimum Gasteiger partial charge on any atom is -0.393 e. The van der Waals surface area contributed by atoms with Gasteiger partial charge in [0.2, 0.25) is 0 Å². The Morgan fingerprint density at radius 3 is 2.64 bits per heavy atom. The third-order valence-electron chi connectivity index (χ3n) is 3.85. The quantitative estimate of drug-likeness (QED) is 0.813. The summed E-state index contributed by atoms with van der Waals surface area (Å²) in [5.74, 6) is 0. The number of anilines is 1. The molecule has 3 N–H and O–H groups in total. The highest BCUT2D eigenvalue weighted by molar-refractivity contribution is 7.10. The molecular weight excluding hydrogens is 298 g/mol. The lowest BCUT2D eigenvalue weighted by Crippen LogP contribution is -2.40. The van der Waals surface area contributed by atoms with Crippen molar-refractivity contribution in [2.45, 2.75) is 37.8 Å². The van der Waals surface area contributed by atoms with Crippen LogP contribution in [-0.4, -0.2) is 27.7 Å². The van der Waals surface area contributed by atoms with Crippen LogP contribution in [0.25, 0.3) is 11.3 Å². The van der Waals surface area contributed by atoms with Gasteiger partial charge in [-0.05, 0) is 37.2 Å². The fourth-order valence-corrected chi connectivity index (χ4v) is 3.29. The van der Waals surface area contributed by atoms with E-state index in [1.54, 1.807) is 0 Å². The van der Waals surface area contributed by atoms with Crippen molar-refractivity contribution in [3.8, 4) is 11.3 Å². The highest BCUT2D eigenvalue weighted by Crippen LogP contribution is 2.25. The number of benzene rings is 1. The smallest absolute Gasteiger partial charge is 0.320 e. The molecule has 2 amide bonds. The molecule has 22 heavy (non-hydrogen) atoms. The molecule has 0 spiro atoms. The van der Waals surface area contributed by atoms with Gasteiger partial charge < -0.3 is 10.4 Å². The van der Waals surface area contributed by atoms with Gasteiger partial charge in [0.15, 0.2) is 0 Å². The first kappa shape index (κ1) is 15.0. The zero-order chi connectivity index (χ0) is 15.4. The van der Waals surface area contributed by atoms with E-state index in [4.69, 9.17) is 0 Å². The van der Waals surface area contributed by atoms with Gasteiger partial charge in [-0.1, -0.05) is 30.3 Å². The Bertz CT molecular complexity index is 621. The van der Waals surface area contributed by atoms with Crippen molar-refractivity contribution in [3.05, 3.63) is 36.4 Å². The number of amides is 2. The summed E-state index contributed by atoms with van der Waals surface area (Å²) in [6, 6.07) is 11.7. The number of hydrogen-bond acceptors (Lipinski definition) is 4. The molecular formula is C16H19N3O2S. The molecule has 116 valence electrons. The summed E-state index contributed by atoms with van der Waals surface area (Å²) in [6.07, 6.45) is 2.95. The van der Waals surface area contributed by atoms with Crippen LogP contribution in [0.1, 0.15) is 25.7 Å². The Morgan fingerprint density at radius 1 is 1.18 bits per heavy atom. The van der Waals surface area contributed by atoms with Crippen LogP contribution in [0.3, 0.4) is 0 Å². The first-order valence-electron chi connectivity index (χ1n) is 7.48.